The Morgan fingerprint density at radius 3 is 2.60 bits per heavy atom. The minimum Gasteiger partial charge on any atom is -0.272 e. The smallest absolute Gasteiger partial charge is 0.211 e. The van der Waals surface area contributed by atoms with Crippen molar-refractivity contribution in [3.8, 4) is 11.3 Å². The molecule has 1 fully saturated rings. The molecule has 3 heterocycles. The molecule has 0 unspecified atom stereocenters. The van der Waals surface area contributed by atoms with Crippen molar-refractivity contribution >= 4 is 10.0 Å². The summed E-state index contributed by atoms with van der Waals surface area (Å²) in [5.74, 6) is 0.260. The molecule has 1 saturated heterocycles. The van der Waals surface area contributed by atoms with Crippen molar-refractivity contribution in [2.24, 2.45) is 13.0 Å². The molecule has 1 atom stereocenters. The Balaban J connectivity index is 1.89. The highest BCUT2D eigenvalue weighted by molar-refractivity contribution is 7.88. The summed E-state index contributed by atoms with van der Waals surface area (Å²) in [5, 5.41) is 4.48. The zero-order valence-electron chi connectivity index (χ0n) is 15.2. The lowest BCUT2D eigenvalue weighted by molar-refractivity contribution is 0.265. The second-order valence-electron chi connectivity index (χ2n) is 6.85. The lowest BCUT2D eigenvalue weighted by Gasteiger charge is -2.31. The van der Waals surface area contributed by atoms with Gasteiger partial charge in [-0.15, -0.1) is 0 Å². The minimum absolute atomic E-state index is 0.260. The van der Waals surface area contributed by atoms with E-state index >= 15 is 0 Å². The molecular weight excluding hydrogens is 338 g/mol. The number of hydrogen-bond acceptors (Lipinski definition) is 5. The monoisotopic (exact) mass is 363 g/mol. The Morgan fingerprint density at radius 2 is 1.96 bits per heavy atom. The maximum atomic E-state index is 11.9. The minimum atomic E-state index is -3.14. The molecule has 3 rings (SSSR count). The van der Waals surface area contributed by atoms with Crippen molar-refractivity contribution in [2.75, 3.05) is 19.3 Å². The van der Waals surface area contributed by atoms with E-state index in [1.54, 1.807) is 16.7 Å². The van der Waals surface area contributed by atoms with Crippen LogP contribution in [0.3, 0.4) is 0 Å². The van der Waals surface area contributed by atoms with Gasteiger partial charge in [0.1, 0.15) is 0 Å². The third-order valence-corrected chi connectivity index (χ3v) is 6.22. The molecule has 0 amide bonds. The van der Waals surface area contributed by atoms with Gasteiger partial charge in [0.05, 0.1) is 23.3 Å². The molecule has 25 heavy (non-hydrogen) atoms. The third kappa shape index (κ3) is 3.74. The number of hydrogen-bond donors (Lipinski definition) is 0. The SMILES string of the molecule is Cc1nn(C)c(C)c1-c1nccnc1C[C@H]1CCCN(S(C)(=O)=O)C1. The summed E-state index contributed by atoms with van der Waals surface area (Å²) >= 11 is 0. The van der Waals surface area contributed by atoms with Gasteiger partial charge in [-0.1, -0.05) is 0 Å². The first-order valence-electron chi connectivity index (χ1n) is 8.53. The molecule has 0 saturated carbocycles. The van der Waals surface area contributed by atoms with Gasteiger partial charge >= 0.3 is 0 Å². The lowest BCUT2D eigenvalue weighted by atomic mass is 9.92. The van der Waals surface area contributed by atoms with E-state index in [4.69, 9.17) is 0 Å². The molecule has 2 aromatic rings. The zero-order valence-corrected chi connectivity index (χ0v) is 16.0. The van der Waals surface area contributed by atoms with E-state index in [0.717, 1.165) is 47.6 Å². The molecule has 2 aromatic heterocycles. The number of nitrogens with zero attached hydrogens (tertiary/aromatic N) is 5. The highest BCUT2D eigenvalue weighted by Gasteiger charge is 2.27. The average Bonchev–Trinajstić information content (AvgIpc) is 2.80. The van der Waals surface area contributed by atoms with Gasteiger partial charge in [0, 0.05) is 43.8 Å². The van der Waals surface area contributed by atoms with Crippen LogP contribution in [-0.2, 0) is 23.5 Å². The highest BCUT2D eigenvalue weighted by atomic mass is 32.2. The molecule has 0 radical (unpaired) electrons. The second-order valence-corrected chi connectivity index (χ2v) is 8.84. The maximum absolute atomic E-state index is 11.9. The zero-order chi connectivity index (χ0) is 18.2. The molecule has 1 aliphatic rings. The van der Waals surface area contributed by atoms with Crippen LogP contribution in [0.15, 0.2) is 12.4 Å². The second kappa shape index (κ2) is 6.84. The van der Waals surface area contributed by atoms with E-state index < -0.39 is 10.0 Å². The Kier molecular flexibility index (Phi) is 4.92. The van der Waals surface area contributed by atoms with Crippen LogP contribution < -0.4 is 0 Å². The van der Waals surface area contributed by atoms with Crippen molar-refractivity contribution in [3.63, 3.8) is 0 Å². The molecule has 7 nitrogen and oxygen atoms in total. The molecule has 0 spiro atoms. The fourth-order valence-electron chi connectivity index (χ4n) is 3.61. The Hall–Kier alpha value is -1.80. The van der Waals surface area contributed by atoms with Gasteiger partial charge in [-0.2, -0.15) is 5.10 Å². The predicted octanol–water partition coefficient (Wildman–Crippen LogP) is 1.71. The summed E-state index contributed by atoms with van der Waals surface area (Å²) in [6, 6.07) is 0. The van der Waals surface area contributed by atoms with E-state index in [-0.39, 0.29) is 5.92 Å². The Bertz CT molecular complexity index is 875. The molecule has 0 bridgehead atoms. The third-order valence-electron chi connectivity index (χ3n) is 4.95. The van der Waals surface area contributed by atoms with Crippen LogP contribution >= 0.6 is 0 Å². The Morgan fingerprint density at radius 1 is 1.24 bits per heavy atom. The molecular formula is C17H25N5O2S. The first-order chi connectivity index (χ1) is 11.8. The molecule has 8 heteroatoms. The number of aryl methyl sites for hydroxylation is 2. The lowest BCUT2D eigenvalue weighted by Crippen LogP contribution is -2.39. The van der Waals surface area contributed by atoms with E-state index in [2.05, 4.69) is 15.1 Å². The van der Waals surface area contributed by atoms with Crippen LogP contribution in [0.1, 0.15) is 29.9 Å². The van der Waals surface area contributed by atoms with Gasteiger partial charge in [-0.05, 0) is 39.0 Å². The van der Waals surface area contributed by atoms with Crippen LogP contribution in [0, 0.1) is 19.8 Å². The topological polar surface area (TPSA) is 81.0 Å². The van der Waals surface area contributed by atoms with E-state index in [1.807, 2.05) is 25.6 Å². The standard InChI is InChI=1S/C17H25N5O2S/c1-12-16(13(2)21(3)20-12)17-15(18-7-8-19-17)10-14-6-5-9-22(11-14)25(4,23)24/h7-8,14H,5-6,9-11H2,1-4H3/t14-/m1/s1. The van der Waals surface area contributed by atoms with Crippen molar-refractivity contribution in [1.82, 2.24) is 24.1 Å². The summed E-state index contributed by atoms with van der Waals surface area (Å²) in [5.41, 5.74) is 4.80. The highest BCUT2D eigenvalue weighted by Crippen LogP contribution is 2.30. The van der Waals surface area contributed by atoms with Crippen LogP contribution in [0.2, 0.25) is 0 Å². The summed E-state index contributed by atoms with van der Waals surface area (Å²) in [4.78, 5) is 9.13. The fourth-order valence-corrected chi connectivity index (χ4v) is 4.55. The summed E-state index contributed by atoms with van der Waals surface area (Å²) in [7, 11) is -1.22. The van der Waals surface area contributed by atoms with Crippen LogP contribution in [0.25, 0.3) is 11.3 Å². The quantitative estimate of drug-likeness (QED) is 0.826. The fraction of sp³-hybridized carbons (Fsp3) is 0.588. The van der Waals surface area contributed by atoms with Gasteiger partial charge < -0.3 is 0 Å². The number of aromatic nitrogens is 4. The van der Waals surface area contributed by atoms with E-state index in [1.165, 1.54) is 6.26 Å². The van der Waals surface area contributed by atoms with Gasteiger partial charge in [-0.3, -0.25) is 14.6 Å². The maximum Gasteiger partial charge on any atom is 0.211 e. The summed E-state index contributed by atoms with van der Waals surface area (Å²) in [6.07, 6.45) is 7.31. The van der Waals surface area contributed by atoms with Crippen molar-refractivity contribution in [1.29, 1.82) is 0 Å². The largest absolute Gasteiger partial charge is 0.272 e. The van der Waals surface area contributed by atoms with Crippen molar-refractivity contribution in [3.05, 3.63) is 29.5 Å². The van der Waals surface area contributed by atoms with Crippen LogP contribution in [-0.4, -0.2) is 51.8 Å². The van der Waals surface area contributed by atoms with Gasteiger partial charge in [-0.25, -0.2) is 12.7 Å². The summed E-state index contributed by atoms with van der Waals surface area (Å²) in [6.45, 7) is 5.18. The molecule has 1 aliphatic heterocycles. The molecule has 0 aromatic carbocycles. The van der Waals surface area contributed by atoms with Gasteiger partial charge in [0.2, 0.25) is 10.0 Å². The summed E-state index contributed by atoms with van der Waals surface area (Å²) < 4.78 is 27.1. The number of piperidine rings is 1. The Labute approximate surface area is 149 Å². The van der Waals surface area contributed by atoms with Gasteiger partial charge in [0.25, 0.3) is 0 Å². The van der Waals surface area contributed by atoms with Crippen molar-refractivity contribution < 1.29 is 8.42 Å². The van der Waals surface area contributed by atoms with Crippen LogP contribution in [0.5, 0.6) is 0 Å². The normalized spacial score (nSPS) is 19.3. The van der Waals surface area contributed by atoms with Crippen molar-refractivity contribution in [2.45, 2.75) is 33.1 Å². The molecule has 0 N–H and O–H groups in total. The van der Waals surface area contributed by atoms with Gasteiger partial charge in [0.15, 0.2) is 0 Å². The average molecular weight is 363 g/mol. The number of rotatable bonds is 4. The molecule has 136 valence electrons. The predicted molar refractivity (Wildman–Crippen MR) is 96.6 cm³/mol. The molecule has 0 aliphatic carbocycles. The first-order valence-corrected chi connectivity index (χ1v) is 10.4. The first kappa shape index (κ1) is 18.0. The van der Waals surface area contributed by atoms with E-state index in [9.17, 15) is 8.42 Å². The van der Waals surface area contributed by atoms with E-state index in [0.29, 0.717) is 13.1 Å². The number of sulfonamides is 1. The van der Waals surface area contributed by atoms with Crippen LogP contribution in [0.4, 0.5) is 0 Å².